The van der Waals surface area contributed by atoms with E-state index in [9.17, 15) is 27.2 Å². The maximum Gasteiger partial charge on any atom is 0.405 e. The van der Waals surface area contributed by atoms with E-state index < -0.39 is 36.5 Å². The number of rotatable bonds is 5. The lowest BCUT2D eigenvalue weighted by atomic mass is 10.1. The van der Waals surface area contributed by atoms with E-state index in [-0.39, 0.29) is 11.1 Å². The third-order valence-corrected chi connectivity index (χ3v) is 4.91. The molecule has 2 N–H and O–H groups in total. The van der Waals surface area contributed by atoms with Crippen molar-refractivity contribution >= 4 is 39.0 Å². The van der Waals surface area contributed by atoms with E-state index in [1.54, 1.807) is 41.4 Å². The van der Waals surface area contributed by atoms with Crippen LogP contribution in [0.5, 0.6) is 0 Å². The molecule has 0 unspecified atom stereocenters. The molecule has 2 heterocycles. The molecule has 0 radical (unpaired) electrons. The smallest absolute Gasteiger partial charge is 0.352 e. The number of carbonyl (C=O) groups excluding carboxylic acids is 1. The number of alkyl halides is 3. The number of nitrogens with one attached hydrogen (secondary N) is 2. The first-order valence-corrected chi connectivity index (χ1v) is 9.46. The molecule has 1 amide bonds. The molecule has 0 aliphatic rings. The number of anilines is 2. The van der Waals surface area contributed by atoms with E-state index in [1.165, 1.54) is 24.4 Å². The Morgan fingerprint density at radius 2 is 1.91 bits per heavy atom. The summed E-state index contributed by atoms with van der Waals surface area (Å²) in [5.41, 5.74) is 0.561. The maximum atomic E-state index is 14.7. The van der Waals surface area contributed by atoms with Crippen molar-refractivity contribution in [3.63, 3.8) is 0 Å². The number of halogens is 4. The lowest BCUT2D eigenvalue weighted by Gasteiger charge is -2.14. The number of benzene rings is 2. The first-order valence-electron chi connectivity index (χ1n) is 9.46. The monoisotopic (exact) mass is 447 g/mol. The van der Waals surface area contributed by atoms with Gasteiger partial charge in [0.15, 0.2) is 0 Å². The molecule has 0 spiro atoms. The van der Waals surface area contributed by atoms with Gasteiger partial charge in [-0.1, -0.05) is 6.07 Å². The maximum absolute atomic E-state index is 14.7. The highest BCUT2D eigenvalue weighted by atomic mass is 19.4. The molecule has 4 rings (SSSR count). The van der Waals surface area contributed by atoms with Crippen molar-refractivity contribution in [2.24, 2.45) is 7.05 Å². The van der Waals surface area contributed by atoms with Crippen LogP contribution in [0, 0.1) is 5.82 Å². The first-order chi connectivity index (χ1) is 15.1. The van der Waals surface area contributed by atoms with Gasteiger partial charge in [0.05, 0.1) is 22.8 Å². The third kappa shape index (κ3) is 4.27. The molecule has 4 aromatic rings. The molecule has 0 bridgehead atoms. The van der Waals surface area contributed by atoms with Gasteiger partial charge in [0, 0.05) is 24.3 Å². The zero-order chi connectivity index (χ0) is 23.0. The molecule has 0 atom stereocenters. The van der Waals surface area contributed by atoms with Crippen LogP contribution < -0.4 is 16.2 Å². The van der Waals surface area contributed by atoms with Crippen molar-refractivity contribution in [2.45, 2.75) is 12.7 Å². The predicted molar refractivity (Wildman–Crippen MR) is 111 cm³/mol. The SMILES string of the molecule is Cn1ncc2cc(Nc3c(F)ccc4ccn(CC(=O)NCC(F)(F)F)c(=O)c34)ccc21. The Hall–Kier alpha value is -3.89. The topological polar surface area (TPSA) is 81.0 Å². The molecule has 0 fully saturated rings. The Morgan fingerprint density at radius 3 is 2.66 bits per heavy atom. The fraction of sp³-hybridized carbons (Fsp3) is 0.190. The second-order valence-corrected chi connectivity index (χ2v) is 7.19. The molecule has 0 aliphatic heterocycles. The molecule has 7 nitrogen and oxygen atoms in total. The Morgan fingerprint density at radius 1 is 1.12 bits per heavy atom. The summed E-state index contributed by atoms with van der Waals surface area (Å²) in [4.78, 5) is 24.8. The van der Waals surface area contributed by atoms with Crippen molar-refractivity contribution in [1.29, 1.82) is 0 Å². The Kier molecular flexibility index (Phi) is 5.33. The lowest BCUT2D eigenvalue weighted by Crippen LogP contribution is -2.37. The quantitative estimate of drug-likeness (QED) is 0.460. The summed E-state index contributed by atoms with van der Waals surface area (Å²) >= 11 is 0. The van der Waals surface area contributed by atoms with E-state index in [2.05, 4.69) is 10.4 Å². The summed E-state index contributed by atoms with van der Waals surface area (Å²) in [6.07, 6.45) is -1.65. The number of amides is 1. The normalized spacial score (nSPS) is 11.8. The predicted octanol–water partition coefficient (Wildman–Crippen LogP) is 3.45. The van der Waals surface area contributed by atoms with Crippen molar-refractivity contribution in [3.8, 4) is 0 Å². The Bertz CT molecular complexity index is 1390. The Labute approximate surface area is 178 Å². The second kappa shape index (κ2) is 7.98. The number of aromatic nitrogens is 3. The molecule has 11 heteroatoms. The molecule has 166 valence electrons. The highest BCUT2D eigenvalue weighted by Gasteiger charge is 2.27. The molecular formula is C21H17F4N5O2. The van der Waals surface area contributed by atoms with E-state index in [1.807, 2.05) is 0 Å². The van der Waals surface area contributed by atoms with Crippen LogP contribution in [0.3, 0.4) is 0 Å². The summed E-state index contributed by atoms with van der Waals surface area (Å²) in [6.45, 7) is -2.14. The minimum absolute atomic E-state index is 0.0256. The van der Waals surface area contributed by atoms with Gasteiger partial charge in [0.2, 0.25) is 5.91 Å². The number of carbonyl (C=O) groups is 1. The number of fused-ring (bicyclic) bond motifs is 2. The summed E-state index contributed by atoms with van der Waals surface area (Å²) < 4.78 is 54.3. The van der Waals surface area contributed by atoms with Crippen LogP contribution in [-0.2, 0) is 18.4 Å². The summed E-state index contributed by atoms with van der Waals surface area (Å²) in [5, 5.41) is 9.95. The molecule has 2 aromatic heterocycles. The minimum atomic E-state index is -4.57. The summed E-state index contributed by atoms with van der Waals surface area (Å²) in [7, 11) is 1.78. The number of aryl methyl sites for hydroxylation is 1. The van der Waals surface area contributed by atoms with Gasteiger partial charge < -0.3 is 15.2 Å². The van der Waals surface area contributed by atoms with Gasteiger partial charge in [-0.15, -0.1) is 0 Å². The van der Waals surface area contributed by atoms with E-state index >= 15 is 0 Å². The van der Waals surface area contributed by atoms with Gasteiger partial charge in [-0.05, 0) is 35.7 Å². The Balaban J connectivity index is 1.70. The molecule has 0 saturated carbocycles. The van der Waals surface area contributed by atoms with Crippen molar-refractivity contribution in [3.05, 3.63) is 65.0 Å². The fourth-order valence-electron chi connectivity index (χ4n) is 3.39. The minimum Gasteiger partial charge on any atom is -0.352 e. The van der Waals surface area contributed by atoms with E-state index in [0.29, 0.717) is 11.1 Å². The molecule has 32 heavy (non-hydrogen) atoms. The number of nitrogens with zero attached hydrogens (tertiary/aromatic N) is 3. The van der Waals surface area contributed by atoms with E-state index in [0.717, 1.165) is 15.5 Å². The largest absolute Gasteiger partial charge is 0.405 e. The molecular weight excluding hydrogens is 430 g/mol. The first kappa shape index (κ1) is 21.3. The number of hydrogen-bond donors (Lipinski definition) is 2. The average molecular weight is 447 g/mol. The number of hydrogen-bond acceptors (Lipinski definition) is 4. The number of pyridine rings is 1. The van der Waals surface area contributed by atoms with Crippen LogP contribution in [-0.4, -0.2) is 33.0 Å². The zero-order valence-electron chi connectivity index (χ0n) is 16.7. The highest BCUT2D eigenvalue weighted by molar-refractivity contribution is 5.96. The van der Waals surface area contributed by atoms with Crippen LogP contribution in [0.15, 0.2) is 53.6 Å². The van der Waals surface area contributed by atoms with Crippen molar-refractivity contribution in [1.82, 2.24) is 19.7 Å². The van der Waals surface area contributed by atoms with Crippen LogP contribution in [0.4, 0.5) is 28.9 Å². The van der Waals surface area contributed by atoms with Crippen LogP contribution in [0.2, 0.25) is 0 Å². The highest BCUT2D eigenvalue weighted by Crippen LogP contribution is 2.28. The van der Waals surface area contributed by atoms with Crippen LogP contribution in [0.25, 0.3) is 21.7 Å². The van der Waals surface area contributed by atoms with Crippen LogP contribution in [0.1, 0.15) is 0 Å². The van der Waals surface area contributed by atoms with Gasteiger partial charge >= 0.3 is 6.18 Å². The van der Waals surface area contributed by atoms with Crippen molar-refractivity contribution in [2.75, 3.05) is 11.9 Å². The van der Waals surface area contributed by atoms with Gasteiger partial charge in [-0.2, -0.15) is 18.3 Å². The van der Waals surface area contributed by atoms with Gasteiger partial charge in [-0.25, -0.2) is 4.39 Å². The lowest BCUT2D eigenvalue weighted by molar-refractivity contribution is -0.138. The average Bonchev–Trinajstić information content (AvgIpc) is 3.10. The second-order valence-electron chi connectivity index (χ2n) is 7.19. The van der Waals surface area contributed by atoms with Gasteiger partial charge in [-0.3, -0.25) is 14.3 Å². The fourth-order valence-corrected chi connectivity index (χ4v) is 3.39. The van der Waals surface area contributed by atoms with Gasteiger partial charge in [0.25, 0.3) is 5.56 Å². The molecule has 2 aromatic carbocycles. The summed E-state index contributed by atoms with van der Waals surface area (Å²) in [6, 6.07) is 9.34. The summed E-state index contributed by atoms with van der Waals surface area (Å²) in [5.74, 6) is -1.68. The van der Waals surface area contributed by atoms with Crippen LogP contribution >= 0.6 is 0 Å². The molecule has 0 aliphatic carbocycles. The standard InChI is InChI=1S/C21H17F4N5O2/c1-29-16-5-3-14(8-13(16)9-27-29)28-19-15(22)4-2-12-6-7-30(20(32)18(12)19)10-17(31)26-11-21(23,24)25/h2-9,28H,10-11H2,1H3,(H,26,31). The zero-order valence-corrected chi connectivity index (χ0v) is 16.7. The van der Waals surface area contributed by atoms with Gasteiger partial charge in [0.1, 0.15) is 18.9 Å². The van der Waals surface area contributed by atoms with Crippen molar-refractivity contribution < 1.29 is 22.4 Å². The molecule has 0 saturated heterocycles. The van der Waals surface area contributed by atoms with E-state index in [4.69, 9.17) is 0 Å². The third-order valence-electron chi connectivity index (χ3n) is 4.91.